The Kier molecular flexibility index (Phi) is 6.48. The third kappa shape index (κ3) is 4.87. The molecule has 0 saturated heterocycles. The van der Waals surface area contributed by atoms with Crippen LogP contribution in [0.3, 0.4) is 0 Å². The van der Waals surface area contributed by atoms with Crippen LogP contribution in [0.1, 0.15) is 31.2 Å². The molecule has 2 atom stereocenters. The van der Waals surface area contributed by atoms with Crippen LogP contribution in [0.2, 0.25) is 0 Å². The number of hydrogen-bond acceptors (Lipinski definition) is 3. The van der Waals surface area contributed by atoms with E-state index in [1.54, 1.807) is 24.3 Å². The number of alkyl halides is 3. The van der Waals surface area contributed by atoms with Gasteiger partial charge in [-0.3, -0.25) is 4.79 Å². The van der Waals surface area contributed by atoms with Crippen LogP contribution in [-0.2, 0) is 11.3 Å². The summed E-state index contributed by atoms with van der Waals surface area (Å²) < 4.78 is 44.6. The van der Waals surface area contributed by atoms with Crippen molar-refractivity contribution in [2.75, 3.05) is 13.2 Å². The van der Waals surface area contributed by atoms with Gasteiger partial charge in [0.15, 0.2) is 0 Å². The largest absolute Gasteiger partial charge is 0.491 e. The molecule has 0 spiro atoms. The number of aliphatic hydroxyl groups excluding tert-OH is 1. The molecule has 24 heavy (non-hydrogen) atoms. The van der Waals surface area contributed by atoms with E-state index < -0.39 is 23.9 Å². The zero-order valence-corrected chi connectivity index (χ0v) is 13.3. The number of hydrogen-bond donors (Lipinski definition) is 2. The van der Waals surface area contributed by atoms with E-state index in [4.69, 9.17) is 9.84 Å². The van der Waals surface area contributed by atoms with Crippen LogP contribution in [0.25, 0.3) is 0 Å². The number of benzene rings is 1. The van der Waals surface area contributed by atoms with E-state index in [0.717, 1.165) is 0 Å². The lowest BCUT2D eigenvalue weighted by Crippen LogP contribution is -2.42. The fourth-order valence-electron chi connectivity index (χ4n) is 3.10. The minimum atomic E-state index is -4.34. The Bertz CT molecular complexity index is 548. The first kappa shape index (κ1) is 18.6. The number of halogens is 3. The molecule has 2 rings (SSSR count). The van der Waals surface area contributed by atoms with Gasteiger partial charge in [-0.05, 0) is 18.9 Å². The summed E-state index contributed by atoms with van der Waals surface area (Å²) in [6.07, 6.45) is -2.92. The van der Waals surface area contributed by atoms with Crippen molar-refractivity contribution < 1.29 is 27.8 Å². The second-order valence-electron chi connectivity index (χ2n) is 5.94. The van der Waals surface area contributed by atoms with E-state index in [0.29, 0.717) is 24.2 Å². The van der Waals surface area contributed by atoms with Crippen LogP contribution in [0.5, 0.6) is 5.75 Å². The third-order valence-electron chi connectivity index (χ3n) is 4.30. The van der Waals surface area contributed by atoms with E-state index >= 15 is 0 Å². The molecular formula is C17H22F3NO3. The minimum Gasteiger partial charge on any atom is -0.491 e. The van der Waals surface area contributed by atoms with Crippen LogP contribution >= 0.6 is 0 Å². The number of amides is 1. The van der Waals surface area contributed by atoms with Gasteiger partial charge in [0.25, 0.3) is 0 Å². The van der Waals surface area contributed by atoms with Crippen molar-refractivity contribution >= 4 is 5.91 Å². The topological polar surface area (TPSA) is 58.6 Å². The molecule has 1 saturated carbocycles. The molecule has 1 aliphatic rings. The Balaban J connectivity index is 1.99. The lowest BCUT2D eigenvalue weighted by molar-refractivity contribution is -0.198. The molecule has 0 radical (unpaired) electrons. The molecule has 0 heterocycles. The monoisotopic (exact) mass is 345 g/mol. The molecule has 1 amide bonds. The maximum atomic E-state index is 13.1. The van der Waals surface area contributed by atoms with Gasteiger partial charge in [-0.1, -0.05) is 31.0 Å². The van der Waals surface area contributed by atoms with Gasteiger partial charge in [0.2, 0.25) is 5.91 Å². The van der Waals surface area contributed by atoms with Crippen LogP contribution in [0.4, 0.5) is 13.2 Å². The molecule has 0 aromatic heterocycles. The number of para-hydroxylation sites is 1. The highest BCUT2D eigenvalue weighted by molar-refractivity contribution is 5.79. The highest BCUT2D eigenvalue weighted by Gasteiger charge is 2.47. The molecule has 0 bridgehead atoms. The summed E-state index contributed by atoms with van der Waals surface area (Å²) in [5, 5.41) is 11.4. The predicted molar refractivity (Wildman–Crippen MR) is 82.4 cm³/mol. The molecule has 1 aromatic rings. The molecule has 0 aliphatic heterocycles. The van der Waals surface area contributed by atoms with Gasteiger partial charge in [-0.25, -0.2) is 0 Å². The molecule has 4 nitrogen and oxygen atoms in total. The molecule has 2 N–H and O–H groups in total. The highest BCUT2D eigenvalue weighted by Crippen LogP contribution is 2.41. The Morgan fingerprint density at radius 1 is 1.25 bits per heavy atom. The summed E-state index contributed by atoms with van der Waals surface area (Å²) in [4.78, 5) is 12.3. The summed E-state index contributed by atoms with van der Waals surface area (Å²) in [5.74, 6) is -2.65. The number of carbonyl (C=O) groups is 1. The van der Waals surface area contributed by atoms with E-state index in [-0.39, 0.29) is 32.6 Å². The predicted octanol–water partition coefficient (Wildman–Crippen LogP) is 3.04. The number of carbonyl (C=O) groups excluding carboxylic acids is 1. The van der Waals surface area contributed by atoms with Crippen LogP contribution in [0.15, 0.2) is 24.3 Å². The third-order valence-corrected chi connectivity index (χ3v) is 4.30. The first-order valence-corrected chi connectivity index (χ1v) is 8.09. The molecule has 1 aliphatic carbocycles. The molecule has 1 fully saturated rings. The van der Waals surface area contributed by atoms with Crippen molar-refractivity contribution in [1.29, 1.82) is 0 Å². The van der Waals surface area contributed by atoms with Gasteiger partial charge in [-0.15, -0.1) is 0 Å². The molecule has 134 valence electrons. The van der Waals surface area contributed by atoms with E-state index in [2.05, 4.69) is 5.32 Å². The fourth-order valence-corrected chi connectivity index (χ4v) is 3.10. The molecular weight excluding hydrogens is 323 g/mol. The van der Waals surface area contributed by atoms with Gasteiger partial charge in [0.05, 0.1) is 12.5 Å². The van der Waals surface area contributed by atoms with Gasteiger partial charge in [0.1, 0.15) is 12.4 Å². The number of nitrogens with one attached hydrogen (secondary N) is 1. The Labute approximate surface area is 139 Å². The first-order chi connectivity index (χ1) is 11.4. The lowest BCUT2D eigenvalue weighted by Gasteiger charge is -2.32. The summed E-state index contributed by atoms with van der Waals surface area (Å²) >= 11 is 0. The minimum absolute atomic E-state index is 0.0117. The van der Waals surface area contributed by atoms with E-state index in [9.17, 15) is 18.0 Å². The zero-order chi connectivity index (χ0) is 17.6. The average molecular weight is 345 g/mol. The van der Waals surface area contributed by atoms with E-state index in [1.807, 2.05) is 0 Å². The number of rotatable bonds is 6. The standard InChI is InChI=1S/C17H22F3NO3/c18-17(19,20)14-7-3-2-6-13(14)16(23)21-11-12-5-1-4-8-15(12)24-10-9-22/h1,4-5,8,13-14,22H,2-3,6-7,9-11H2,(H,21,23). The maximum absolute atomic E-state index is 13.1. The Morgan fingerprint density at radius 2 is 1.96 bits per heavy atom. The second kappa shape index (κ2) is 8.37. The van der Waals surface area contributed by atoms with Gasteiger partial charge < -0.3 is 15.2 Å². The van der Waals surface area contributed by atoms with Crippen molar-refractivity contribution in [1.82, 2.24) is 5.32 Å². The highest BCUT2D eigenvalue weighted by atomic mass is 19.4. The average Bonchev–Trinajstić information content (AvgIpc) is 2.57. The SMILES string of the molecule is O=C(NCc1ccccc1OCCO)C1CCCCC1C(F)(F)F. The molecule has 7 heteroatoms. The van der Waals surface area contributed by atoms with Crippen LogP contribution in [-0.4, -0.2) is 30.4 Å². The summed E-state index contributed by atoms with van der Waals surface area (Å²) in [6, 6.07) is 6.93. The maximum Gasteiger partial charge on any atom is 0.392 e. The van der Waals surface area contributed by atoms with Crippen molar-refractivity contribution in [3.63, 3.8) is 0 Å². The number of ether oxygens (including phenoxy) is 1. The lowest BCUT2D eigenvalue weighted by atomic mass is 9.78. The Hall–Kier alpha value is -1.76. The smallest absolute Gasteiger partial charge is 0.392 e. The summed E-state index contributed by atoms with van der Waals surface area (Å²) in [5.41, 5.74) is 0.665. The van der Waals surface area contributed by atoms with Crippen LogP contribution < -0.4 is 10.1 Å². The zero-order valence-electron chi connectivity index (χ0n) is 13.3. The molecule has 2 unspecified atom stereocenters. The van der Waals surface area contributed by atoms with Gasteiger partial charge in [0, 0.05) is 18.0 Å². The van der Waals surface area contributed by atoms with Crippen molar-refractivity contribution in [3.8, 4) is 5.75 Å². The quantitative estimate of drug-likeness (QED) is 0.833. The summed E-state index contributed by atoms with van der Waals surface area (Å²) in [7, 11) is 0. The van der Waals surface area contributed by atoms with Crippen molar-refractivity contribution in [2.24, 2.45) is 11.8 Å². The van der Waals surface area contributed by atoms with Crippen LogP contribution in [0, 0.1) is 11.8 Å². The van der Waals surface area contributed by atoms with Gasteiger partial charge in [-0.2, -0.15) is 13.2 Å². The van der Waals surface area contributed by atoms with Crippen molar-refractivity contribution in [2.45, 2.75) is 38.4 Å². The normalized spacial score (nSPS) is 21.3. The summed E-state index contributed by atoms with van der Waals surface area (Å²) in [6.45, 7) is 0.0707. The fraction of sp³-hybridized carbons (Fsp3) is 0.588. The van der Waals surface area contributed by atoms with Crippen molar-refractivity contribution in [3.05, 3.63) is 29.8 Å². The first-order valence-electron chi connectivity index (χ1n) is 8.09. The number of aliphatic hydroxyl groups is 1. The molecule has 1 aromatic carbocycles. The van der Waals surface area contributed by atoms with Gasteiger partial charge >= 0.3 is 6.18 Å². The second-order valence-corrected chi connectivity index (χ2v) is 5.94. The van der Waals surface area contributed by atoms with E-state index in [1.165, 1.54) is 0 Å². The Morgan fingerprint density at radius 3 is 2.67 bits per heavy atom.